The lowest BCUT2D eigenvalue weighted by atomic mass is 9.91. The monoisotopic (exact) mass is 734 g/mol. The van der Waals surface area contributed by atoms with E-state index in [9.17, 15) is 39.9 Å². The fourth-order valence-electron chi connectivity index (χ4n) is 6.11. The van der Waals surface area contributed by atoms with Gasteiger partial charge in [0, 0.05) is 20.3 Å². The Morgan fingerprint density at radius 1 is 0.627 bits per heavy atom. The summed E-state index contributed by atoms with van der Waals surface area (Å²) < 4.78 is 33.5. The van der Waals surface area contributed by atoms with E-state index in [0.29, 0.717) is 0 Å². The molecule has 0 saturated carbocycles. The van der Waals surface area contributed by atoms with E-state index in [2.05, 4.69) is 12.2 Å². The summed E-state index contributed by atoms with van der Waals surface area (Å²) in [7, 11) is 0. The Morgan fingerprint density at radius 3 is 1.69 bits per heavy atom. The first-order chi connectivity index (χ1) is 24.3. The third kappa shape index (κ3) is 17.4. The molecular formula is C36H62O15. The molecule has 0 aliphatic carbocycles. The summed E-state index contributed by atoms with van der Waals surface area (Å²) in [6.07, 6.45) is 4.59. The van der Waals surface area contributed by atoms with Crippen molar-refractivity contribution in [1.82, 2.24) is 0 Å². The highest BCUT2D eigenvalue weighted by Gasteiger charge is 2.47. The lowest BCUT2D eigenvalue weighted by Crippen LogP contribution is -2.60. The number of unbranched alkanes of at least 4 members (excludes halogenated alkanes) is 9. The number of allylic oxidation sites excluding steroid dienone is 2. The highest BCUT2D eigenvalue weighted by Crippen LogP contribution is 2.30. The van der Waals surface area contributed by atoms with Crippen molar-refractivity contribution in [2.75, 3.05) is 26.4 Å². The van der Waals surface area contributed by atoms with Crippen molar-refractivity contribution in [2.24, 2.45) is 5.92 Å². The van der Waals surface area contributed by atoms with Crippen molar-refractivity contribution in [2.45, 2.75) is 165 Å². The molecule has 0 radical (unpaired) electrons. The molecule has 51 heavy (non-hydrogen) atoms. The molecule has 6 N–H and O–H groups in total. The van der Waals surface area contributed by atoms with Gasteiger partial charge in [0.1, 0.15) is 55.9 Å². The molecule has 0 amide bonds. The van der Waals surface area contributed by atoms with Crippen molar-refractivity contribution in [3.63, 3.8) is 0 Å². The Hall–Kier alpha value is -2.21. The zero-order valence-corrected chi connectivity index (χ0v) is 30.4. The second kappa shape index (κ2) is 24.9. The number of rotatable bonds is 25. The maximum Gasteiger partial charge on any atom is 0.303 e. The van der Waals surface area contributed by atoms with E-state index in [0.717, 1.165) is 77.0 Å². The van der Waals surface area contributed by atoms with Crippen LogP contribution in [0.2, 0.25) is 0 Å². The Balaban J connectivity index is 1.80. The third-order valence-electron chi connectivity index (χ3n) is 9.16. The molecule has 0 aromatic heterocycles. The van der Waals surface area contributed by atoms with E-state index >= 15 is 0 Å². The van der Waals surface area contributed by atoms with Gasteiger partial charge in [0.2, 0.25) is 0 Å². The number of aliphatic hydroxyl groups is 5. The molecule has 0 bridgehead atoms. The summed E-state index contributed by atoms with van der Waals surface area (Å²) in [5, 5.41) is 61.5. The van der Waals surface area contributed by atoms with Crippen LogP contribution in [0.15, 0.2) is 12.2 Å². The summed E-state index contributed by atoms with van der Waals surface area (Å²) in [5.41, 5.74) is 0. The second-order valence-corrected chi connectivity index (χ2v) is 13.6. The van der Waals surface area contributed by atoms with Gasteiger partial charge in [-0.1, -0.05) is 50.7 Å². The van der Waals surface area contributed by atoms with E-state index in [1.165, 1.54) is 13.8 Å². The number of hydrogen-bond donors (Lipinski definition) is 6. The zero-order chi connectivity index (χ0) is 37.8. The van der Waals surface area contributed by atoms with Gasteiger partial charge in [0.05, 0.1) is 31.3 Å². The van der Waals surface area contributed by atoms with Crippen molar-refractivity contribution in [3.8, 4) is 0 Å². The van der Waals surface area contributed by atoms with Crippen molar-refractivity contribution < 1.29 is 73.4 Å². The van der Waals surface area contributed by atoms with Gasteiger partial charge < -0.3 is 59.1 Å². The van der Waals surface area contributed by atoms with Crippen LogP contribution in [0.4, 0.5) is 0 Å². The van der Waals surface area contributed by atoms with Gasteiger partial charge in [-0.05, 0) is 45.4 Å². The number of ether oxygens (including phenoxy) is 6. The van der Waals surface area contributed by atoms with Gasteiger partial charge in [-0.3, -0.25) is 14.4 Å². The van der Waals surface area contributed by atoms with E-state index in [-0.39, 0.29) is 39.0 Å². The zero-order valence-electron chi connectivity index (χ0n) is 30.4. The van der Waals surface area contributed by atoms with Gasteiger partial charge >= 0.3 is 17.9 Å². The Morgan fingerprint density at radius 2 is 1.12 bits per heavy atom. The first kappa shape index (κ1) is 44.9. The number of carboxylic acid groups (broad SMARTS) is 1. The minimum Gasteiger partial charge on any atom is -0.481 e. The lowest BCUT2D eigenvalue weighted by Gasteiger charge is -2.43. The molecular weight excluding hydrogens is 672 g/mol. The maximum atomic E-state index is 11.4. The molecule has 2 rings (SSSR count). The van der Waals surface area contributed by atoms with Crippen LogP contribution < -0.4 is 0 Å². The number of carbonyl (C=O) groups is 3. The van der Waals surface area contributed by atoms with E-state index < -0.39 is 78.9 Å². The summed E-state index contributed by atoms with van der Waals surface area (Å²) in [6, 6.07) is 0. The Labute approximate surface area is 301 Å². The van der Waals surface area contributed by atoms with Gasteiger partial charge in [0.25, 0.3) is 0 Å². The summed E-state index contributed by atoms with van der Waals surface area (Å²) in [6.45, 7) is 3.20. The average molecular weight is 735 g/mol. The van der Waals surface area contributed by atoms with Gasteiger partial charge in [-0.15, -0.1) is 0 Å². The molecule has 2 aliphatic heterocycles. The highest BCUT2D eigenvalue weighted by atomic mass is 16.7. The number of aliphatic carboxylic acids is 1. The third-order valence-corrected chi connectivity index (χ3v) is 9.16. The molecule has 15 nitrogen and oxygen atoms in total. The number of carbonyl (C=O) groups excluding carboxylic acids is 2. The Kier molecular flexibility index (Phi) is 22.0. The summed E-state index contributed by atoms with van der Waals surface area (Å²) >= 11 is 0. The van der Waals surface area contributed by atoms with Crippen molar-refractivity contribution in [1.29, 1.82) is 0 Å². The SMILES string of the molecule is CC(=O)OC[C@H]1O[C@@H](COC[C@H]2[C@H](OC(C)CCCCCC/C=C/CCCCCCCC(=O)O)O[C@H](COC(C)=O)[C@@H](O)[C@@H]2O)[C@H](O)[C@@H](O)[C@@H]1O. The van der Waals surface area contributed by atoms with Crippen LogP contribution in [0, 0.1) is 5.92 Å². The highest BCUT2D eigenvalue weighted by molar-refractivity contribution is 5.66. The number of carboxylic acids is 1. The van der Waals surface area contributed by atoms with Crippen LogP contribution in [0.3, 0.4) is 0 Å². The summed E-state index contributed by atoms with van der Waals surface area (Å²) in [4.78, 5) is 33.2. The average Bonchev–Trinajstić information content (AvgIpc) is 3.07. The van der Waals surface area contributed by atoms with Crippen molar-refractivity contribution in [3.05, 3.63) is 12.2 Å². The minimum atomic E-state index is -1.58. The predicted octanol–water partition coefficient (Wildman–Crippen LogP) is 2.16. The largest absolute Gasteiger partial charge is 0.481 e. The fraction of sp³-hybridized carbons (Fsp3) is 0.861. The van der Waals surface area contributed by atoms with E-state index in [1.807, 2.05) is 6.92 Å². The molecule has 296 valence electrons. The molecule has 0 aromatic rings. The fourth-order valence-corrected chi connectivity index (χ4v) is 6.11. The topological polar surface area (TPSA) is 228 Å². The quantitative estimate of drug-likeness (QED) is 0.0449. The van der Waals surface area contributed by atoms with Crippen molar-refractivity contribution >= 4 is 17.9 Å². The molecule has 2 heterocycles. The van der Waals surface area contributed by atoms with Crippen LogP contribution in [-0.4, -0.2) is 136 Å². The van der Waals surface area contributed by atoms with E-state index in [1.54, 1.807) is 0 Å². The van der Waals surface area contributed by atoms with Crippen LogP contribution in [0.25, 0.3) is 0 Å². The summed E-state index contributed by atoms with van der Waals surface area (Å²) in [5.74, 6) is -2.79. The van der Waals surface area contributed by atoms with Gasteiger partial charge in [0.15, 0.2) is 6.29 Å². The molecule has 0 spiro atoms. The molecule has 2 saturated heterocycles. The van der Waals surface area contributed by atoms with Crippen LogP contribution >= 0.6 is 0 Å². The molecule has 1 unspecified atom stereocenters. The number of esters is 2. The predicted molar refractivity (Wildman–Crippen MR) is 182 cm³/mol. The number of hydrogen-bond acceptors (Lipinski definition) is 14. The standard InChI is InChI=1S/C36H62O15/c1-23(17-15-13-11-9-7-5-4-6-8-10-12-14-16-18-30(39)40)49-36-26(31(41)32(42)29(51-36)22-48-25(3)38)19-46-20-27-33(43)35(45)34(44)28(50-27)21-47-24(2)37/h4-5,23,26-29,31-36,41-45H,6-22H2,1-3H3,(H,39,40)/b5-4+/t23?,26-,27+,28-,29-,31-,32-,33+,34-,35-,36-/m1/s1. The molecule has 11 atom stereocenters. The smallest absolute Gasteiger partial charge is 0.303 e. The minimum absolute atomic E-state index is 0.198. The van der Waals surface area contributed by atoms with E-state index in [4.69, 9.17) is 33.5 Å². The molecule has 0 aromatic carbocycles. The van der Waals surface area contributed by atoms with Crippen LogP contribution in [0.5, 0.6) is 0 Å². The number of aliphatic hydroxyl groups excluding tert-OH is 5. The van der Waals surface area contributed by atoms with Crippen LogP contribution in [-0.2, 0) is 42.8 Å². The Bertz CT molecular complexity index is 1020. The van der Waals surface area contributed by atoms with Gasteiger partial charge in [-0.2, -0.15) is 0 Å². The first-order valence-electron chi connectivity index (χ1n) is 18.4. The van der Waals surface area contributed by atoms with Crippen LogP contribution in [0.1, 0.15) is 104 Å². The maximum absolute atomic E-state index is 11.4. The second-order valence-electron chi connectivity index (χ2n) is 13.6. The molecule has 15 heteroatoms. The first-order valence-corrected chi connectivity index (χ1v) is 18.4. The molecule has 2 aliphatic rings. The lowest BCUT2D eigenvalue weighted by molar-refractivity contribution is -0.304. The van der Waals surface area contributed by atoms with Gasteiger partial charge in [-0.25, -0.2) is 0 Å². The molecule has 2 fully saturated rings. The normalized spacial score (nSPS) is 30.3.